The fourth-order valence-electron chi connectivity index (χ4n) is 1.96. The summed E-state index contributed by atoms with van der Waals surface area (Å²) >= 11 is 5.01. The van der Waals surface area contributed by atoms with Crippen LogP contribution in [0.1, 0.15) is 29.0 Å². The molecule has 1 unspecified atom stereocenters. The number of hydrogen-bond donors (Lipinski definition) is 1. The topological polar surface area (TPSA) is 12.0 Å². The van der Waals surface area contributed by atoms with E-state index < -0.39 is 11.6 Å². The molecular formula is C14H14BrF2NS. The lowest BCUT2D eigenvalue weighted by Gasteiger charge is -2.19. The standard InChI is InChI=1S/C14H14BrF2NS/c1-3-18-13(14-10(15)4-5-19-14)9-6-8(2)11(16)7-12(9)17/h4-7,13,18H,3H2,1-2H3. The van der Waals surface area contributed by atoms with Gasteiger partial charge in [-0.05, 0) is 52.5 Å². The first-order valence-electron chi connectivity index (χ1n) is 5.96. The third kappa shape index (κ3) is 3.04. The average molecular weight is 346 g/mol. The highest BCUT2D eigenvalue weighted by Gasteiger charge is 2.21. The molecule has 1 atom stereocenters. The quantitative estimate of drug-likeness (QED) is 0.839. The van der Waals surface area contributed by atoms with Crippen molar-refractivity contribution < 1.29 is 8.78 Å². The van der Waals surface area contributed by atoms with E-state index in [9.17, 15) is 8.78 Å². The van der Waals surface area contributed by atoms with Crippen molar-refractivity contribution in [3.8, 4) is 0 Å². The lowest BCUT2D eigenvalue weighted by Crippen LogP contribution is -2.22. The maximum atomic E-state index is 14.0. The van der Waals surface area contributed by atoms with Crippen LogP contribution in [0.2, 0.25) is 0 Å². The van der Waals surface area contributed by atoms with Crippen molar-refractivity contribution in [2.24, 2.45) is 0 Å². The molecular weight excluding hydrogens is 332 g/mol. The van der Waals surface area contributed by atoms with Crippen LogP contribution in [0.15, 0.2) is 28.1 Å². The molecule has 0 bridgehead atoms. The van der Waals surface area contributed by atoms with Crippen LogP contribution in [-0.4, -0.2) is 6.54 Å². The van der Waals surface area contributed by atoms with Gasteiger partial charge in [0, 0.05) is 21.0 Å². The van der Waals surface area contributed by atoms with Crippen LogP contribution in [0.5, 0.6) is 0 Å². The van der Waals surface area contributed by atoms with Gasteiger partial charge in [0.15, 0.2) is 0 Å². The van der Waals surface area contributed by atoms with E-state index in [-0.39, 0.29) is 6.04 Å². The normalized spacial score (nSPS) is 12.7. The number of hydrogen-bond acceptors (Lipinski definition) is 2. The molecule has 2 rings (SSSR count). The minimum Gasteiger partial charge on any atom is -0.306 e. The molecule has 102 valence electrons. The second kappa shape index (κ2) is 6.11. The molecule has 0 radical (unpaired) electrons. The van der Waals surface area contributed by atoms with Crippen molar-refractivity contribution in [1.29, 1.82) is 0 Å². The van der Waals surface area contributed by atoms with E-state index in [0.29, 0.717) is 17.7 Å². The van der Waals surface area contributed by atoms with Crippen LogP contribution in [0.25, 0.3) is 0 Å². The van der Waals surface area contributed by atoms with Gasteiger partial charge in [0.25, 0.3) is 0 Å². The first kappa shape index (κ1) is 14.6. The molecule has 0 saturated carbocycles. The second-order valence-electron chi connectivity index (χ2n) is 4.25. The number of thiophene rings is 1. The largest absolute Gasteiger partial charge is 0.306 e. The summed E-state index contributed by atoms with van der Waals surface area (Å²) in [5.74, 6) is -1.03. The van der Waals surface area contributed by atoms with E-state index in [1.807, 2.05) is 18.4 Å². The summed E-state index contributed by atoms with van der Waals surface area (Å²) in [6.45, 7) is 4.30. The summed E-state index contributed by atoms with van der Waals surface area (Å²) < 4.78 is 28.3. The molecule has 1 aromatic heterocycles. The van der Waals surface area contributed by atoms with Crippen LogP contribution >= 0.6 is 27.3 Å². The minimum atomic E-state index is -0.519. The molecule has 0 spiro atoms. The zero-order valence-electron chi connectivity index (χ0n) is 10.6. The van der Waals surface area contributed by atoms with Crippen LogP contribution in [0.4, 0.5) is 8.78 Å². The van der Waals surface area contributed by atoms with Crippen LogP contribution in [0, 0.1) is 18.6 Å². The van der Waals surface area contributed by atoms with Crippen molar-refractivity contribution in [1.82, 2.24) is 5.32 Å². The number of aryl methyl sites for hydroxylation is 1. The third-order valence-corrected chi connectivity index (χ3v) is 4.84. The summed E-state index contributed by atoms with van der Waals surface area (Å²) in [5, 5.41) is 5.19. The van der Waals surface area contributed by atoms with Gasteiger partial charge in [-0.2, -0.15) is 0 Å². The highest BCUT2D eigenvalue weighted by atomic mass is 79.9. The fourth-order valence-corrected chi connectivity index (χ4v) is 3.65. The molecule has 0 aliphatic rings. The number of benzene rings is 1. The SMILES string of the molecule is CCNC(c1cc(C)c(F)cc1F)c1sccc1Br. The van der Waals surface area contributed by atoms with Gasteiger partial charge in [-0.1, -0.05) is 6.92 Å². The van der Waals surface area contributed by atoms with Gasteiger partial charge in [-0.3, -0.25) is 0 Å². The van der Waals surface area contributed by atoms with Crippen molar-refractivity contribution in [2.45, 2.75) is 19.9 Å². The Labute approximate surface area is 123 Å². The van der Waals surface area contributed by atoms with Gasteiger partial charge in [0.05, 0.1) is 6.04 Å². The maximum absolute atomic E-state index is 14.0. The van der Waals surface area contributed by atoms with Crippen molar-refractivity contribution in [3.05, 3.63) is 55.7 Å². The van der Waals surface area contributed by atoms with Gasteiger partial charge < -0.3 is 5.32 Å². The first-order chi connectivity index (χ1) is 9.04. The monoisotopic (exact) mass is 345 g/mol. The molecule has 0 aliphatic heterocycles. The van der Waals surface area contributed by atoms with Crippen LogP contribution < -0.4 is 5.32 Å². The number of halogens is 3. The molecule has 1 nitrogen and oxygen atoms in total. The highest BCUT2D eigenvalue weighted by molar-refractivity contribution is 9.10. The van der Waals surface area contributed by atoms with Gasteiger partial charge in [0.2, 0.25) is 0 Å². The summed E-state index contributed by atoms with van der Waals surface area (Å²) in [7, 11) is 0. The van der Waals surface area contributed by atoms with Crippen LogP contribution in [-0.2, 0) is 0 Å². The van der Waals surface area contributed by atoms with E-state index in [1.54, 1.807) is 24.3 Å². The summed E-state index contributed by atoms with van der Waals surface area (Å²) in [6, 6.07) is 4.19. The predicted octanol–water partition coefficient (Wildman–Crippen LogP) is 4.80. The molecule has 1 aromatic carbocycles. The van der Waals surface area contributed by atoms with Gasteiger partial charge in [-0.25, -0.2) is 8.78 Å². The smallest absolute Gasteiger partial charge is 0.131 e. The molecule has 0 saturated heterocycles. The molecule has 0 amide bonds. The van der Waals surface area contributed by atoms with E-state index in [1.165, 1.54) is 0 Å². The molecule has 1 N–H and O–H groups in total. The molecule has 1 heterocycles. The predicted molar refractivity (Wildman–Crippen MR) is 78.6 cm³/mol. The van der Waals surface area contributed by atoms with Crippen molar-refractivity contribution in [3.63, 3.8) is 0 Å². The zero-order chi connectivity index (χ0) is 14.0. The Morgan fingerprint density at radius 1 is 1.32 bits per heavy atom. The lowest BCUT2D eigenvalue weighted by atomic mass is 10.0. The average Bonchev–Trinajstić information content (AvgIpc) is 2.77. The Morgan fingerprint density at radius 3 is 2.63 bits per heavy atom. The minimum absolute atomic E-state index is 0.265. The van der Waals surface area contributed by atoms with Gasteiger partial charge in [0.1, 0.15) is 11.6 Å². The summed E-state index contributed by atoms with van der Waals surface area (Å²) in [4.78, 5) is 0.992. The van der Waals surface area contributed by atoms with Crippen LogP contribution in [0.3, 0.4) is 0 Å². The van der Waals surface area contributed by atoms with E-state index in [4.69, 9.17) is 0 Å². The Bertz CT molecular complexity index is 583. The fraction of sp³-hybridized carbons (Fsp3) is 0.286. The van der Waals surface area contributed by atoms with Crippen molar-refractivity contribution >= 4 is 27.3 Å². The zero-order valence-corrected chi connectivity index (χ0v) is 13.0. The molecule has 0 fully saturated rings. The summed E-state index contributed by atoms with van der Waals surface area (Å²) in [6.07, 6.45) is 0. The Kier molecular flexibility index (Phi) is 4.71. The Balaban J connectivity index is 2.51. The van der Waals surface area contributed by atoms with Crippen molar-refractivity contribution in [2.75, 3.05) is 6.54 Å². The molecule has 19 heavy (non-hydrogen) atoms. The van der Waals surface area contributed by atoms with Gasteiger partial charge in [-0.15, -0.1) is 11.3 Å². The summed E-state index contributed by atoms with van der Waals surface area (Å²) in [5.41, 5.74) is 0.927. The molecule has 2 aromatic rings. The van der Waals surface area contributed by atoms with Gasteiger partial charge >= 0.3 is 0 Å². The maximum Gasteiger partial charge on any atom is 0.131 e. The highest BCUT2D eigenvalue weighted by Crippen LogP contribution is 2.34. The number of rotatable bonds is 4. The Hall–Kier alpha value is -0.780. The van der Waals surface area contributed by atoms with E-state index >= 15 is 0 Å². The first-order valence-corrected chi connectivity index (χ1v) is 7.63. The number of nitrogens with one attached hydrogen (secondary N) is 1. The van der Waals surface area contributed by atoms with E-state index in [2.05, 4.69) is 21.2 Å². The molecule has 0 aliphatic carbocycles. The Morgan fingerprint density at radius 2 is 2.05 bits per heavy atom. The molecule has 5 heteroatoms. The third-order valence-electron chi connectivity index (χ3n) is 2.90. The second-order valence-corrected chi connectivity index (χ2v) is 6.05. The lowest BCUT2D eigenvalue weighted by molar-refractivity contribution is 0.540. The van der Waals surface area contributed by atoms with E-state index in [0.717, 1.165) is 15.4 Å².